The van der Waals surface area contributed by atoms with Gasteiger partial charge in [-0.25, -0.2) is 13.6 Å². The van der Waals surface area contributed by atoms with Gasteiger partial charge in [0.15, 0.2) is 6.33 Å². The minimum absolute atomic E-state index is 0.166. The van der Waals surface area contributed by atoms with E-state index in [0.717, 1.165) is 4.90 Å². The Morgan fingerprint density at radius 1 is 1.08 bits per heavy atom. The molecule has 6 rings (SSSR count). The fourth-order valence-corrected chi connectivity index (χ4v) is 5.52. The first-order valence-corrected chi connectivity index (χ1v) is 15.3. The molecule has 13 nitrogen and oxygen atoms in total. The summed E-state index contributed by atoms with van der Waals surface area (Å²) < 4.78 is 34.5. The number of pyridine rings is 1. The second kappa shape index (κ2) is 13.6. The van der Waals surface area contributed by atoms with Crippen LogP contribution in [0.15, 0.2) is 76.3 Å². The lowest BCUT2D eigenvalue weighted by Gasteiger charge is -2.23. The molecule has 0 radical (unpaired) electrons. The molecule has 0 spiro atoms. The normalized spacial score (nSPS) is 15.5. The third-order valence-electron chi connectivity index (χ3n) is 7.78. The molecule has 0 bridgehead atoms. The van der Waals surface area contributed by atoms with Gasteiger partial charge in [-0.3, -0.25) is 19.4 Å². The highest BCUT2D eigenvalue weighted by atomic mass is 19.3. The molecule has 1 aliphatic heterocycles. The lowest BCUT2D eigenvalue weighted by molar-refractivity contribution is -0.136. The molecule has 250 valence electrons. The lowest BCUT2D eigenvalue weighted by Crippen LogP contribution is -2.47. The molecule has 1 atom stereocenters. The zero-order valence-corrected chi connectivity index (χ0v) is 26.7. The number of aromatic nitrogens is 5. The summed E-state index contributed by atoms with van der Waals surface area (Å²) in [7, 11) is 0. The van der Waals surface area contributed by atoms with E-state index in [0.29, 0.717) is 21.9 Å². The highest BCUT2D eigenvalue weighted by Gasteiger charge is 2.50. The lowest BCUT2D eigenvalue weighted by atomic mass is 9.96. The van der Waals surface area contributed by atoms with Gasteiger partial charge >= 0.3 is 5.63 Å². The number of anilines is 1. The zero-order chi connectivity index (χ0) is 34.6. The van der Waals surface area contributed by atoms with Gasteiger partial charge in [-0.1, -0.05) is 32.0 Å². The quantitative estimate of drug-likeness (QED) is 0.235. The van der Waals surface area contributed by atoms with Gasteiger partial charge in [0.25, 0.3) is 11.8 Å². The second-order valence-electron chi connectivity index (χ2n) is 11.7. The smallest absolute Gasteiger partial charge is 0.339 e. The predicted molar refractivity (Wildman–Crippen MR) is 172 cm³/mol. The van der Waals surface area contributed by atoms with E-state index in [1.807, 2.05) is 27.7 Å². The number of hydrogen-bond acceptors (Lipinski definition) is 9. The minimum atomic E-state index is -3.31. The Labute approximate surface area is 273 Å². The maximum Gasteiger partial charge on any atom is 0.339 e. The molecule has 2 N–H and O–H groups in total. The van der Waals surface area contributed by atoms with Crippen LogP contribution in [0.3, 0.4) is 0 Å². The van der Waals surface area contributed by atoms with E-state index in [1.54, 1.807) is 36.4 Å². The van der Waals surface area contributed by atoms with Crippen LogP contribution in [0.4, 0.5) is 14.5 Å². The Morgan fingerprint density at radius 3 is 2.60 bits per heavy atom. The number of nitrogens with one attached hydrogen (secondary N) is 2. The number of fused-ring (bicyclic) bond motifs is 2. The van der Waals surface area contributed by atoms with Gasteiger partial charge in [0.2, 0.25) is 11.8 Å². The monoisotopic (exact) mass is 660 g/mol. The number of carbonyl (C=O) groups excluding carboxylic acids is 3. The number of benzene rings is 2. The summed E-state index contributed by atoms with van der Waals surface area (Å²) in [5.74, 6) is -5.59. The van der Waals surface area contributed by atoms with Gasteiger partial charge in [-0.05, 0) is 49.4 Å². The summed E-state index contributed by atoms with van der Waals surface area (Å²) in [5.41, 5.74) is 0.299. The first kappa shape index (κ1) is 33.8. The van der Waals surface area contributed by atoms with Crippen LogP contribution in [0, 0.1) is 0 Å². The van der Waals surface area contributed by atoms with Crippen LogP contribution in [0.2, 0.25) is 0 Å². The third-order valence-corrected chi connectivity index (χ3v) is 7.78. The molecular weight excluding hydrogens is 626 g/mol. The van der Waals surface area contributed by atoms with Crippen molar-refractivity contribution >= 4 is 45.3 Å². The van der Waals surface area contributed by atoms with Crippen LogP contribution in [0.5, 0.6) is 0 Å². The number of nitrogens with zero attached hydrogens (tertiary/aromatic N) is 6. The third kappa shape index (κ3) is 7.19. The first-order chi connectivity index (χ1) is 22.9. The number of para-hydroxylation sites is 1. The predicted octanol–water partition coefficient (Wildman–Crippen LogP) is 3.94. The highest BCUT2D eigenvalue weighted by Crippen LogP contribution is 2.33. The molecule has 0 aliphatic carbocycles. The number of rotatable bonds is 8. The Morgan fingerprint density at radius 2 is 1.85 bits per heavy atom. The molecule has 1 unspecified atom stereocenters. The molecule has 0 saturated carbocycles. The summed E-state index contributed by atoms with van der Waals surface area (Å²) in [5, 5.41) is 17.8. The van der Waals surface area contributed by atoms with E-state index in [9.17, 15) is 28.0 Å². The largest absolute Gasteiger partial charge is 0.422 e. The number of alkyl halides is 2. The van der Waals surface area contributed by atoms with E-state index in [-0.39, 0.29) is 23.3 Å². The SMILES string of the molecule is CC.CC(C)(Cc1cc2ccc(NC(=O)C3CC(F)(F)CN3C(=O)CNC(=O)c3ccnc4ccccc34)cc2oc1=O)n1ncnn1. The molecule has 2 aromatic carbocycles. The molecule has 3 amide bonds. The van der Waals surface area contributed by atoms with Crippen molar-refractivity contribution in [3.8, 4) is 0 Å². The standard InChI is InChI=1S/C31H28F2N8O5.C2H6/c1-30(2,41-37-17-36-39-41)13-19-11-18-7-8-20(12-25(18)46-29(19)45)38-28(44)24-14-31(32,33)16-40(24)26(42)15-35-27(43)22-9-10-34-23-6-4-3-5-21(22)23;1-2/h3-12,17,24H,13-16H2,1-2H3,(H,35,43)(H,38,44);1-2H3. The van der Waals surface area contributed by atoms with Crippen LogP contribution in [-0.4, -0.2) is 72.9 Å². The molecular formula is C33H34F2N8O5. The molecule has 3 aromatic heterocycles. The summed E-state index contributed by atoms with van der Waals surface area (Å²) in [6.07, 6.45) is 2.11. The molecule has 1 fully saturated rings. The number of halogens is 2. The molecule has 1 aliphatic rings. The Hall–Kier alpha value is -5.60. The minimum Gasteiger partial charge on any atom is -0.422 e. The van der Waals surface area contributed by atoms with Gasteiger partial charge < -0.3 is 20.0 Å². The number of amides is 3. The number of carbonyl (C=O) groups is 3. The molecule has 5 aromatic rings. The van der Waals surface area contributed by atoms with Crippen molar-refractivity contribution in [2.45, 2.75) is 58.0 Å². The zero-order valence-electron chi connectivity index (χ0n) is 26.7. The van der Waals surface area contributed by atoms with Crippen molar-refractivity contribution in [2.75, 3.05) is 18.4 Å². The highest BCUT2D eigenvalue weighted by molar-refractivity contribution is 6.07. The van der Waals surface area contributed by atoms with Crippen LogP contribution in [0.1, 0.15) is 50.0 Å². The topological polar surface area (TPSA) is 165 Å². The number of likely N-dealkylation sites (tertiary alicyclic amines) is 1. The number of tetrazole rings is 1. The average molecular weight is 661 g/mol. The van der Waals surface area contributed by atoms with Crippen molar-refractivity contribution < 1.29 is 27.6 Å². The van der Waals surface area contributed by atoms with Crippen molar-refractivity contribution in [3.63, 3.8) is 0 Å². The van der Waals surface area contributed by atoms with Crippen LogP contribution >= 0.6 is 0 Å². The van der Waals surface area contributed by atoms with Crippen LogP contribution < -0.4 is 16.3 Å². The maximum absolute atomic E-state index is 14.5. The summed E-state index contributed by atoms with van der Waals surface area (Å²) >= 11 is 0. The first-order valence-electron chi connectivity index (χ1n) is 15.3. The van der Waals surface area contributed by atoms with Gasteiger partial charge in [0.05, 0.1) is 29.7 Å². The molecule has 15 heteroatoms. The molecule has 48 heavy (non-hydrogen) atoms. The van der Waals surface area contributed by atoms with Gasteiger partial charge in [-0.2, -0.15) is 4.80 Å². The maximum atomic E-state index is 14.5. The van der Waals surface area contributed by atoms with E-state index >= 15 is 0 Å². The number of hydrogen-bond donors (Lipinski definition) is 2. The van der Waals surface area contributed by atoms with Crippen molar-refractivity contribution in [1.29, 1.82) is 0 Å². The van der Waals surface area contributed by atoms with Gasteiger partial charge in [0, 0.05) is 47.1 Å². The van der Waals surface area contributed by atoms with Crippen LogP contribution in [0.25, 0.3) is 21.9 Å². The van der Waals surface area contributed by atoms with E-state index in [1.165, 1.54) is 35.5 Å². The van der Waals surface area contributed by atoms with Crippen molar-refractivity contribution in [1.82, 2.24) is 35.4 Å². The van der Waals surface area contributed by atoms with Gasteiger partial charge in [-0.15, -0.1) is 10.2 Å². The van der Waals surface area contributed by atoms with E-state index < -0.39 is 60.4 Å². The van der Waals surface area contributed by atoms with Crippen LogP contribution in [-0.2, 0) is 21.5 Å². The molecule has 1 saturated heterocycles. The Balaban J connectivity index is 0.00000221. The molecule has 4 heterocycles. The fraction of sp³-hybridized carbons (Fsp3) is 0.333. The Bertz CT molecular complexity index is 2020. The van der Waals surface area contributed by atoms with Crippen molar-refractivity contribution in [2.24, 2.45) is 0 Å². The second-order valence-corrected chi connectivity index (χ2v) is 11.7. The van der Waals surface area contributed by atoms with E-state index in [2.05, 4.69) is 31.0 Å². The fourth-order valence-electron chi connectivity index (χ4n) is 5.52. The average Bonchev–Trinajstić information content (AvgIpc) is 3.73. The van der Waals surface area contributed by atoms with E-state index in [4.69, 9.17) is 4.42 Å². The summed E-state index contributed by atoms with van der Waals surface area (Å²) in [6, 6.07) is 13.1. The Kier molecular flexibility index (Phi) is 9.59. The van der Waals surface area contributed by atoms with Gasteiger partial charge in [0.1, 0.15) is 11.6 Å². The summed E-state index contributed by atoms with van der Waals surface area (Å²) in [6.45, 7) is 6.11. The van der Waals surface area contributed by atoms with Crippen molar-refractivity contribution in [3.05, 3.63) is 88.7 Å². The summed E-state index contributed by atoms with van der Waals surface area (Å²) in [4.78, 5) is 58.3.